The molecular formula is C55H82N10O9. The highest BCUT2D eigenvalue weighted by Gasteiger charge is 2.49. The molecule has 4 heterocycles. The largest absolute Gasteiger partial charge is 0.396 e. The van der Waals surface area contributed by atoms with E-state index in [1.165, 1.54) is 0 Å². The van der Waals surface area contributed by atoms with Gasteiger partial charge in [0.1, 0.15) is 30.2 Å². The molecule has 0 unspecified atom stereocenters. The molecule has 74 heavy (non-hydrogen) atoms. The molecule has 9 N–H and O–H groups in total. The number of rotatable bonds is 26. The van der Waals surface area contributed by atoms with Crippen molar-refractivity contribution < 1.29 is 43.5 Å². The third-order valence-corrected chi connectivity index (χ3v) is 15.7. The molecule has 6 rings (SSSR count). The van der Waals surface area contributed by atoms with Crippen molar-refractivity contribution in [3.8, 4) is 0 Å². The zero-order valence-corrected chi connectivity index (χ0v) is 43.9. The Hall–Kier alpha value is -5.92. The number of amides is 8. The molecule has 8 amide bonds. The van der Waals surface area contributed by atoms with E-state index in [0.717, 1.165) is 24.8 Å². The van der Waals surface area contributed by atoms with E-state index in [-0.39, 0.29) is 66.6 Å². The van der Waals surface area contributed by atoms with Gasteiger partial charge in [-0.25, -0.2) is 0 Å². The van der Waals surface area contributed by atoms with E-state index < -0.39 is 60.0 Å². The van der Waals surface area contributed by atoms with Crippen LogP contribution in [0.15, 0.2) is 60.7 Å². The summed E-state index contributed by atoms with van der Waals surface area (Å²) in [6.07, 6.45) is 9.60. The molecular weight excluding hydrogens is 945 g/mol. The standard InChI is InChI=1S/C55H82N10O9/c1-5-41(56-3)49(68)62-47-37(23-25-39-27-29-43(64(39)54(47)73)51(70)60-32-35-18-12-10-13-19-35)33-59-45(67)22-16-8-7-9-17-31-58-53(72)46(36-20-14-11-15-21-36)61-52(71)44-30-28-40-26-24-38(34-66)48(55(74)65(40)44)63-50(69)42(6-2)57-4/h10-15,18-21,37-44,46-48,56-57,66H,5-9,16-17,22-34H2,1-4H3,(H,58,72)(H,59,67)(H,60,70)(H,61,71)(H,62,68)(H,63,69)/t37-,38-,39+,40+,41+,42+,43+,44+,46+,47+,48+/m1/s1. The molecule has 11 atom stereocenters. The Morgan fingerprint density at radius 1 is 0.595 bits per heavy atom. The number of hydrogen-bond acceptors (Lipinski definition) is 11. The Balaban J connectivity index is 0.955. The molecule has 19 nitrogen and oxygen atoms in total. The fraction of sp³-hybridized carbons (Fsp3) is 0.636. The summed E-state index contributed by atoms with van der Waals surface area (Å²) in [5, 5.41) is 34.1. The van der Waals surface area contributed by atoms with Gasteiger partial charge in [0.25, 0.3) is 0 Å². The first kappa shape index (κ1) is 57.4. The van der Waals surface area contributed by atoms with Crippen LogP contribution in [-0.4, -0.2) is 144 Å². The maximum atomic E-state index is 14.4. The monoisotopic (exact) mass is 1030 g/mol. The maximum Gasteiger partial charge on any atom is 0.247 e. The number of fused-ring (bicyclic) bond motifs is 2. The molecule has 4 aliphatic rings. The summed E-state index contributed by atoms with van der Waals surface area (Å²) in [7, 11) is 3.37. The van der Waals surface area contributed by atoms with Gasteiger partial charge in [-0.15, -0.1) is 0 Å². The number of hydrogen-bond donors (Lipinski definition) is 9. The SMILES string of the molecule is CC[C@H](NC)C(=O)N[C@@H]1C(=O)N2[C@@H](CC[C@@H]1CNC(=O)CCCCCCCNC(=O)[C@@H](NC(=O)[C@@H]1CC[C@@H]3CC[C@H](CO)[C@H](NC(=O)[C@H](CC)NC)C(=O)N31)c1ccccc1)CC[C@H]2C(=O)NCc1ccccc1. The van der Waals surface area contributed by atoms with Crippen molar-refractivity contribution in [1.82, 2.24) is 52.3 Å². The zero-order valence-electron chi connectivity index (χ0n) is 43.9. The van der Waals surface area contributed by atoms with Crippen LogP contribution in [0, 0.1) is 11.8 Å². The molecule has 19 heteroatoms. The second kappa shape index (κ2) is 28.7. The molecule has 4 fully saturated rings. The third-order valence-electron chi connectivity index (χ3n) is 15.7. The lowest BCUT2D eigenvalue weighted by Gasteiger charge is -2.33. The van der Waals surface area contributed by atoms with Crippen molar-refractivity contribution in [2.45, 2.75) is 178 Å². The van der Waals surface area contributed by atoms with Gasteiger partial charge in [0.2, 0.25) is 47.3 Å². The molecule has 0 spiro atoms. The first-order valence-corrected chi connectivity index (χ1v) is 27.3. The quantitative estimate of drug-likeness (QED) is 0.0618. The minimum Gasteiger partial charge on any atom is -0.396 e. The predicted molar refractivity (Wildman–Crippen MR) is 279 cm³/mol. The topological polar surface area (TPSA) is 260 Å². The number of carbonyl (C=O) groups is 8. The number of aliphatic hydroxyl groups is 1. The van der Waals surface area contributed by atoms with Crippen molar-refractivity contribution in [2.75, 3.05) is 33.8 Å². The molecule has 4 saturated heterocycles. The van der Waals surface area contributed by atoms with E-state index in [1.807, 2.05) is 50.2 Å². The van der Waals surface area contributed by atoms with Gasteiger partial charge in [-0.3, -0.25) is 38.4 Å². The highest BCUT2D eigenvalue weighted by Crippen LogP contribution is 2.36. The summed E-state index contributed by atoms with van der Waals surface area (Å²) in [5.74, 6) is -3.39. The summed E-state index contributed by atoms with van der Waals surface area (Å²) < 4.78 is 0. The van der Waals surface area contributed by atoms with Crippen LogP contribution >= 0.6 is 0 Å². The van der Waals surface area contributed by atoms with Gasteiger partial charge in [0.05, 0.1) is 12.1 Å². The van der Waals surface area contributed by atoms with E-state index in [4.69, 9.17) is 0 Å². The lowest BCUT2D eigenvalue weighted by atomic mass is 9.92. The molecule has 4 aliphatic heterocycles. The second-order valence-electron chi connectivity index (χ2n) is 20.5. The molecule has 0 aliphatic carbocycles. The van der Waals surface area contributed by atoms with Crippen LogP contribution in [0.3, 0.4) is 0 Å². The zero-order chi connectivity index (χ0) is 53.1. The van der Waals surface area contributed by atoms with Gasteiger partial charge in [-0.1, -0.05) is 93.8 Å². The van der Waals surface area contributed by atoms with Crippen molar-refractivity contribution >= 4 is 47.3 Å². The number of likely N-dealkylation sites (N-methyl/N-ethyl adjacent to an activating group) is 2. The van der Waals surface area contributed by atoms with Gasteiger partial charge < -0.3 is 57.4 Å². The Morgan fingerprint density at radius 3 is 1.68 bits per heavy atom. The first-order chi connectivity index (χ1) is 35.8. The average Bonchev–Trinajstić information content (AvgIpc) is 3.99. The van der Waals surface area contributed by atoms with Crippen molar-refractivity contribution in [3.63, 3.8) is 0 Å². The molecule has 0 saturated carbocycles. The van der Waals surface area contributed by atoms with Gasteiger partial charge >= 0.3 is 0 Å². The normalized spacial score (nSPS) is 24.8. The number of aliphatic hydroxyl groups excluding tert-OH is 1. The lowest BCUT2D eigenvalue weighted by Crippen LogP contribution is -2.59. The van der Waals surface area contributed by atoms with Crippen LogP contribution in [0.25, 0.3) is 0 Å². The number of carbonyl (C=O) groups excluding carboxylic acids is 8. The highest BCUT2D eigenvalue weighted by molar-refractivity contribution is 5.96. The molecule has 406 valence electrons. The Kier molecular flexibility index (Phi) is 22.2. The highest BCUT2D eigenvalue weighted by atomic mass is 16.3. The minimum absolute atomic E-state index is 0.139. The number of nitrogens with zero attached hydrogens (tertiary/aromatic N) is 2. The van der Waals surface area contributed by atoms with Gasteiger partial charge in [-0.05, 0) is 102 Å². The minimum atomic E-state index is -1.01. The maximum absolute atomic E-state index is 14.4. The summed E-state index contributed by atoms with van der Waals surface area (Å²) in [6, 6.07) is 12.7. The third kappa shape index (κ3) is 14.9. The van der Waals surface area contributed by atoms with Crippen LogP contribution in [-0.2, 0) is 44.9 Å². The van der Waals surface area contributed by atoms with E-state index in [2.05, 4.69) is 42.5 Å². The van der Waals surface area contributed by atoms with E-state index in [0.29, 0.717) is 102 Å². The van der Waals surface area contributed by atoms with E-state index >= 15 is 0 Å². The second-order valence-corrected chi connectivity index (χ2v) is 20.5. The van der Waals surface area contributed by atoms with Crippen molar-refractivity contribution in [1.29, 1.82) is 0 Å². The summed E-state index contributed by atoms with van der Waals surface area (Å²) >= 11 is 0. The molecule has 2 aromatic carbocycles. The fourth-order valence-electron chi connectivity index (χ4n) is 11.4. The van der Waals surface area contributed by atoms with Crippen LogP contribution in [0.5, 0.6) is 0 Å². The Labute approximate surface area is 436 Å². The Bertz CT molecular complexity index is 2190. The lowest BCUT2D eigenvalue weighted by molar-refractivity contribution is -0.144. The van der Waals surface area contributed by atoms with Gasteiger partial charge in [0.15, 0.2) is 0 Å². The van der Waals surface area contributed by atoms with Crippen LogP contribution < -0.4 is 42.5 Å². The van der Waals surface area contributed by atoms with E-state index in [9.17, 15) is 43.5 Å². The molecule has 0 bridgehead atoms. The molecule has 0 aromatic heterocycles. The van der Waals surface area contributed by atoms with E-state index in [1.54, 1.807) is 48.2 Å². The number of benzene rings is 2. The van der Waals surface area contributed by atoms with Gasteiger partial charge in [0, 0.05) is 56.6 Å². The smallest absolute Gasteiger partial charge is 0.247 e. The summed E-state index contributed by atoms with van der Waals surface area (Å²) in [5.41, 5.74) is 1.55. The van der Waals surface area contributed by atoms with Crippen LogP contribution in [0.2, 0.25) is 0 Å². The summed E-state index contributed by atoms with van der Waals surface area (Å²) in [4.78, 5) is 113. The predicted octanol–water partition coefficient (Wildman–Crippen LogP) is 2.23. The molecule has 0 radical (unpaired) electrons. The number of unbranched alkanes of at least 4 members (excludes halogenated alkanes) is 4. The average molecular weight is 1030 g/mol. The van der Waals surface area contributed by atoms with Crippen LogP contribution in [0.4, 0.5) is 0 Å². The summed E-state index contributed by atoms with van der Waals surface area (Å²) in [6.45, 7) is 4.38. The fourth-order valence-corrected chi connectivity index (χ4v) is 11.4. The van der Waals surface area contributed by atoms with Crippen molar-refractivity contribution in [3.05, 3.63) is 71.8 Å². The van der Waals surface area contributed by atoms with Crippen LogP contribution in [0.1, 0.15) is 134 Å². The first-order valence-electron chi connectivity index (χ1n) is 27.3. The van der Waals surface area contributed by atoms with Gasteiger partial charge in [-0.2, -0.15) is 0 Å². The number of nitrogens with one attached hydrogen (secondary N) is 8. The van der Waals surface area contributed by atoms with Crippen molar-refractivity contribution in [2.24, 2.45) is 11.8 Å². The Morgan fingerprint density at radius 2 is 1.11 bits per heavy atom. The molecule has 2 aromatic rings.